The van der Waals surface area contributed by atoms with E-state index < -0.39 is 5.97 Å². The summed E-state index contributed by atoms with van der Waals surface area (Å²) in [6, 6.07) is 62.3. The molecule has 1 N–H and O–H groups in total. The molecule has 10 rings (SSSR count). The molecular formula is C57H39N3O4S2. The van der Waals surface area contributed by atoms with Gasteiger partial charge in [0.05, 0.1) is 24.4 Å². The minimum atomic E-state index is -1.23. The third-order valence-corrected chi connectivity index (χ3v) is 13.7. The molecule has 2 heterocycles. The van der Waals surface area contributed by atoms with Gasteiger partial charge in [-0.2, -0.15) is 5.26 Å². The Kier molecular flexibility index (Phi) is 11.4. The van der Waals surface area contributed by atoms with Crippen molar-refractivity contribution < 1.29 is 19.4 Å². The quantitative estimate of drug-likeness (QED) is 0.0565. The minimum Gasteiger partial charge on any atom is -0.497 e. The fraction of sp³-hybridized carbons (Fsp3) is 0.0351. The van der Waals surface area contributed by atoms with Gasteiger partial charge in [0.2, 0.25) is 0 Å². The molecule has 0 spiro atoms. The van der Waals surface area contributed by atoms with E-state index in [2.05, 4.69) is 157 Å². The number of aromatic nitrogens is 1. The highest BCUT2D eigenvalue weighted by molar-refractivity contribution is 7.21. The molecule has 0 bridgehead atoms. The molecule has 9 heteroatoms. The van der Waals surface area contributed by atoms with Crippen LogP contribution < -0.4 is 14.4 Å². The molecule has 0 amide bonds. The van der Waals surface area contributed by atoms with Gasteiger partial charge in [0.25, 0.3) is 0 Å². The van der Waals surface area contributed by atoms with Crippen molar-refractivity contribution in [3.8, 4) is 49.7 Å². The number of benzene rings is 8. The van der Waals surface area contributed by atoms with Crippen LogP contribution in [0.1, 0.15) is 16.0 Å². The Morgan fingerprint density at radius 1 is 0.621 bits per heavy atom. The molecule has 10 aromatic rings. The normalized spacial score (nSPS) is 11.6. The molecule has 8 aromatic carbocycles. The fourth-order valence-electron chi connectivity index (χ4n) is 8.30. The van der Waals surface area contributed by atoms with Crippen molar-refractivity contribution in [2.24, 2.45) is 0 Å². The lowest BCUT2D eigenvalue weighted by atomic mass is 9.91. The number of rotatable bonds is 12. The van der Waals surface area contributed by atoms with Crippen molar-refractivity contribution in [1.29, 1.82) is 5.26 Å². The number of anilines is 3. The number of nitrogens with zero attached hydrogens (tertiary/aromatic N) is 3. The second-order valence-corrected chi connectivity index (χ2v) is 17.6. The zero-order valence-electron chi connectivity index (χ0n) is 35.8. The second kappa shape index (κ2) is 18.1. The number of carboxylic acid groups (broad SMARTS) is 1. The molecule has 0 fully saturated rings. The fourth-order valence-corrected chi connectivity index (χ4v) is 10.3. The van der Waals surface area contributed by atoms with Crippen molar-refractivity contribution >= 4 is 95.7 Å². The number of carboxylic acids is 1. The summed E-state index contributed by atoms with van der Waals surface area (Å²) in [5.41, 5.74) is 10.3. The van der Waals surface area contributed by atoms with E-state index in [-0.39, 0.29) is 5.57 Å². The molecular weight excluding hydrogens is 855 g/mol. The van der Waals surface area contributed by atoms with Gasteiger partial charge in [0, 0.05) is 32.4 Å². The first-order chi connectivity index (χ1) is 32.4. The summed E-state index contributed by atoms with van der Waals surface area (Å²) in [6.07, 6.45) is 5.84. The van der Waals surface area contributed by atoms with Crippen LogP contribution in [0.2, 0.25) is 0 Å². The third-order valence-electron chi connectivity index (χ3n) is 11.6. The van der Waals surface area contributed by atoms with Gasteiger partial charge >= 0.3 is 5.97 Å². The van der Waals surface area contributed by atoms with Crippen LogP contribution in [0.5, 0.6) is 11.5 Å². The van der Waals surface area contributed by atoms with Crippen LogP contribution >= 0.6 is 22.7 Å². The number of hydrogen-bond donors (Lipinski definition) is 1. The molecule has 0 aliphatic heterocycles. The zero-order valence-corrected chi connectivity index (χ0v) is 37.4. The average molecular weight is 894 g/mol. The van der Waals surface area contributed by atoms with Crippen LogP contribution in [0.3, 0.4) is 0 Å². The van der Waals surface area contributed by atoms with Gasteiger partial charge in [-0.25, -0.2) is 9.78 Å². The number of fused-ring (bicyclic) bond motifs is 3. The number of ether oxygens (including phenoxy) is 2. The van der Waals surface area contributed by atoms with Crippen LogP contribution in [0.25, 0.3) is 82.1 Å². The largest absolute Gasteiger partial charge is 0.497 e. The second-order valence-electron chi connectivity index (χ2n) is 15.5. The first-order valence-electron chi connectivity index (χ1n) is 21.1. The Bertz CT molecular complexity index is 3420. The lowest BCUT2D eigenvalue weighted by Crippen LogP contribution is -2.09. The molecule has 0 radical (unpaired) electrons. The SMILES string of the molecule is COc1ccc(N(c2ccc(/C=C/c3c4ccccc4c(-c4nc5ccc(-c6ccc(-c7ccc(/C=C(\C#N)C(=O)O)s7)cc6)cc5s4)c4ccccc34)cc2)c2ccc(OC)cc2)cc1. The van der Waals surface area contributed by atoms with Crippen molar-refractivity contribution in [3.05, 3.63) is 198 Å². The Hall–Kier alpha value is -8.29. The molecule has 0 saturated heterocycles. The molecule has 0 atom stereocenters. The lowest BCUT2D eigenvalue weighted by molar-refractivity contribution is -0.132. The van der Waals surface area contributed by atoms with Gasteiger partial charge < -0.3 is 19.5 Å². The van der Waals surface area contributed by atoms with Crippen LogP contribution in [-0.2, 0) is 4.79 Å². The van der Waals surface area contributed by atoms with E-state index in [4.69, 9.17) is 19.7 Å². The van der Waals surface area contributed by atoms with E-state index in [1.807, 2.05) is 36.4 Å². The predicted octanol–water partition coefficient (Wildman–Crippen LogP) is 15.3. The number of nitriles is 1. The van der Waals surface area contributed by atoms with Crippen LogP contribution in [0.15, 0.2) is 181 Å². The summed E-state index contributed by atoms with van der Waals surface area (Å²) in [7, 11) is 3.35. The minimum absolute atomic E-state index is 0.286. The molecule has 318 valence electrons. The van der Waals surface area contributed by atoms with Crippen molar-refractivity contribution in [2.75, 3.05) is 19.1 Å². The van der Waals surface area contributed by atoms with E-state index >= 15 is 0 Å². The lowest BCUT2D eigenvalue weighted by Gasteiger charge is -2.26. The highest BCUT2D eigenvalue weighted by Crippen LogP contribution is 2.44. The number of carbonyl (C=O) groups is 1. The number of hydrogen-bond acceptors (Lipinski definition) is 8. The maximum atomic E-state index is 11.3. The first-order valence-corrected chi connectivity index (χ1v) is 22.8. The molecule has 0 aliphatic rings. The maximum absolute atomic E-state index is 11.3. The van der Waals surface area contributed by atoms with Gasteiger partial charge in [-0.15, -0.1) is 22.7 Å². The van der Waals surface area contributed by atoms with Crippen molar-refractivity contribution in [3.63, 3.8) is 0 Å². The summed E-state index contributed by atoms with van der Waals surface area (Å²) in [6.45, 7) is 0. The number of thiophene rings is 1. The smallest absolute Gasteiger partial charge is 0.346 e. The highest BCUT2D eigenvalue weighted by atomic mass is 32.1. The standard InChI is InChI=1S/C57H39N3O4S2/c1-63-44-25-21-42(22-26-44)60(43-23-27-45(64-2)28-24-43)41-19-11-36(12-20-41)13-30-49-47-7-3-5-9-50(47)55(51-10-6-4-8-48(49)51)56-59-52-31-18-39(34-54(52)66-56)37-14-16-38(17-15-37)53-32-29-46(65-53)33-40(35-58)57(61)62/h3-34H,1-2H3,(H,61,62)/b30-13+,40-33+. The van der Waals surface area contributed by atoms with E-state index in [0.29, 0.717) is 4.88 Å². The van der Waals surface area contributed by atoms with E-state index in [1.54, 1.807) is 31.6 Å². The highest BCUT2D eigenvalue weighted by Gasteiger charge is 2.18. The Morgan fingerprint density at radius 3 is 1.73 bits per heavy atom. The van der Waals surface area contributed by atoms with Gasteiger partial charge in [0.15, 0.2) is 0 Å². The van der Waals surface area contributed by atoms with E-state index in [0.717, 1.165) is 104 Å². The molecule has 2 aromatic heterocycles. The van der Waals surface area contributed by atoms with Crippen molar-refractivity contribution in [1.82, 2.24) is 4.98 Å². The molecule has 7 nitrogen and oxygen atoms in total. The van der Waals surface area contributed by atoms with Crippen LogP contribution in [0, 0.1) is 11.3 Å². The Morgan fingerprint density at radius 2 is 1.17 bits per heavy atom. The molecule has 0 aliphatic carbocycles. The summed E-state index contributed by atoms with van der Waals surface area (Å²) in [4.78, 5) is 20.5. The molecule has 0 unspecified atom stereocenters. The van der Waals surface area contributed by atoms with Crippen molar-refractivity contribution in [2.45, 2.75) is 0 Å². The maximum Gasteiger partial charge on any atom is 0.346 e. The zero-order chi connectivity index (χ0) is 45.1. The Labute approximate surface area is 389 Å². The van der Waals surface area contributed by atoms with Gasteiger partial charge in [-0.05, 0) is 140 Å². The topological polar surface area (TPSA) is 95.7 Å². The summed E-state index contributed by atoms with van der Waals surface area (Å²) >= 11 is 3.15. The van der Waals surface area contributed by atoms with E-state index in [1.165, 1.54) is 17.4 Å². The van der Waals surface area contributed by atoms with Crippen LogP contribution in [-0.4, -0.2) is 30.3 Å². The summed E-state index contributed by atoms with van der Waals surface area (Å²) < 4.78 is 12.0. The Balaban J connectivity index is 0.958. The van der Waals surface area contributed by atoms with Crippen LogP contribution in [0.4, 0.5) is 17.1 Å². The molecule has 66 heavy (non-hydrogen) atoms. The van der Waals surface area contributed by atoms with E-state index in [9.17, 15) is 9.90 Å². The number of thiazole rings is 1. The summed E-state index contributed by atoms with van der Waals surface area (Å²) in [5, 5.41) is 24.0. The molecule has 0 saturated carbocycles. The number of methoxy groups -OCH3 is 2. The van der Waals surface area contributed by atoms with Gasteiger partial charge in [-0.3, -0.25) is 0 Å². The monoisotopic (exact) mass is 893 g/mol. The average Bonchev–Trinajstić information content (AvgIpc) is 4.02. The predicted molar refractivity (Wildman–Crippen MR) is 273 cm³/mol. The third kappa shape index (κ3) is 8.19. The first kappa shape index (κ1) is 41.7. The van der Waals surface area contributed by atoms with Gasteiger partial charge in [0.1, 0.15) is 28.1 Å². The summed E-state index contributed by atoms with van der Waals surface area (Å²) in [5.74, 6) is 0.373. The number of aliphatic carboxylic acids is 1. The van der Waals surface area contributed by atoms with Gasteiger partial charge in [-0.1, -0.05) is 103 Å².